The number of morpholine rings is 1. The Bertz CT molecular complexity index is 356. The highest BCUT2D eigenvalue weighted by atomic mass is 19.4. The maximum Gasteiger partial charge on any atom is 0.389 e. The Morgan fingerprint density at radius 3 is 2.27 bits per heavy atom. The molecule has 1 unspecified atom stereocenters. The highest BCUT2D eigenvalue weighted by molar-refractivity contribution is 5.66. The quantitative estimate of drug-likeness (QED) is 0.530. The van der Waals surface area contributed by atoms with Gasteiger partial charge in [0.2, 0.25) is 0 Å². The molecule has 1 rings (SSSR count). The van der Waals surface area contributed by atoms with Crippen molar-refractivity contribution in [3.8, 4) is 0 Å². The second-order valence-electron chi connectivity index (χ2n) is 5.32. The highest BCUT2D eigenvalue weighted by Crippen LogP contribution is 2.33. The molecule has 0 aliphatic carbocycles. The Morgan fingerprint density at radius 1 is 1.18 bits per heavy atom. The second-order valence-corrected chi connectivity index (χ2v) is 5.32. The average Bonchev–Trinajstić information content (AvgIpc) is 2.35. The van der Waals surface area contributed by atoms with Crippen LogP contribution in [0.5, 0.6) is 0 Å². The van der Waals surface area contributed by atoms with E-state index in [1.807, 2.05) is 0 Å². The molecule has 9 heteroatoms. The first-order chi connectivity index (χ1) is 10.1. The molecule has 1 saturated heterocycles. The molecule has 1 aliphatic heterocycles. The standard InChI is InChI=1S/C13H20F5NO3/c1-10(20)22-11(9-19-4-6-21-7-5-19)8-12(14,15)2-3-13(16,17)18/h11H,2-9H2,1H3. The Hall–Kier alpha value is -0.960. The second kappa shape index (κ2) is 8.05. The van der Waals surface area contributed by atoms with Gasteiger partial charge in [-0.15, -0.1) is 0 Å². The van der Waals surface area contributed by atoms with E-state index in [4.69, 9.17) is 9.47 Å². The van der Waals surface area contributed by atoms with E-state index < -0.39 is 43.4 Å². The molecule has 130 valence electrons. The summed E-state index contributed by atoms with van der Waals surface area (Å²) in [5, 5.41) is 0. The van der Waals surface area contributed by atoms with Gasteiger partial charge in [-0.2, -0.15) is 13.2 Å². The monoisotopic (exact) mass is 333 g/mol. The van der Waals surface area contributed by atoms with Crippen molar-refractivity contribution in [2.45, 2.75) is 44.4 Å². The molecular formula is C13H20F5NO3. The van der Waals surface area contributed by atoms with Crippen molar-refractivity contribution in [1.29, 1.82) is 0 Å². The first-order valence-electron chi connectivity index (χ1n) is 6.99. The van der Waals surface area contributed by atoms with Crippen LogP contribution in [0, 0.1) is 0 Å². The molecule has 0 spiro atoms. The first-order valence-corrected chi connectivity index (χ1v) is 6.99. The van der Waals surface area contributed by atoms with Crippen LogP contribution >= 0.6 is 0 Å². The molecule has 1 fully saturated rings. The fourth-order valence-electron chi connectivity index (χ4n) is 2.21. The summed E-state index contributed by atoms with van der Waals surface area (Å²) in [6.07, 6.45) is -9.56. The third-order valence-corrected chi connectivity index (χ3v) is 3.20. The van der Waals surface area contributed by atoms with E-state index in [1.54, 1.807) is 4.90 Å². The number of halogens is 5. The molecule has 0 bridgehead atoms. The zero-order valence-electron chi connectivity index (χ0n) is 12.3. The molecule has 0 N–H and O–H groups in total. The highest BCUT2D eigenvalue weighted by Gasteiger charge is 2.39. The van der Waals surface area contributed by atoms with Crippen molar-refractivity contribution >= 4 is 5.97 Å². The molecule has 1 aliphatic rings. The van der Waals surface area contributed by atoms with Crippen LogP contribution in [-0.2, 0) is 14.3 Å². The van der Waals surface area contributed by atoms with Gasteiger partial charge in [0.15, 0.2) is 0 Å². The summed E-state index contributed by atoms with van der Waals surface area (Å²) in [7, 11) is 0. The minimum Gasteiger partial charge on any atom is -0.461 e. The van der Waals surface area contributed by atoms with Gasteiger partial charge in [-0.05, 0) is 0 Å². The minimum absolute atomic E-state index is 0.0601. The van der Waals surface area contributed by atoms with Gasteiger partial charge in [0.25, 0.3) is 5.92 Å². The number of esters is 1. The lowest BCUT2D eigenvalue weighted by molar-refractivity contribution is -0.164. The number of alkyl halides is 5. The topological polar surface area (TPSA) is 38.8 Å². The molecule has 0 aromatic carbocycles. The van der Waals surface area contributed by atoms with Crippen LogP contribution < -0.4 is 0 Å². The lowest BCUT2D eigenvalue weighted by Crippen LogP contribution is -2.43. The molecule has 1 atom stereocenters. The number of carbonyl (C=O) groups is 1. The van der Waals surface area contributed by atoms with Gasteiger partial charge in [0, 0.05) is 45.8 Å². The Morgan fingerprint density at radius 2 is 1.77 bits per heavy atom. The molecule has 0 radical (unpaired) electrons. The first kappa shape index (κ1) is 19.1. The summed E-state index contributed by atoms with van der Waals surface area (Å²) in [4.78, 5) is 12.8. The number of carbonyl (C=O) groups excluding carboxylic acids is 1. The van der Waals surface area contributed by atoms with Crippen LogP contribution in [0.15, 0.2) is 0 Å². The lowest BCUT2D eigenvalue weighted by Gasteiger charge is -2.31. The summed E-state index contributed by atoms with van der Waals surface area (Å²) in [5.74, 6) is -4.27. The summed E-state index contributed by atoms with van der Waals surface area (Å²) in [6, 6.07) is 0. The maximum atomic E-state index is 13.7. The van der Waals surface area contributed by atoms with Crippen LogP contribution in [0.1, 0.15) is 26.2 Å². The summed E-state index contributed by atoms with van der Waals surface area (Å²) >= 11 is 0. The maximum absolute atomic E-state index is 13.7. The van der Waals surface area contributed by atoms with Crippen LogP contribution in [0.4, 0.5) is 22.0 Å². The molecule has 22 heavy (non-hydrogen) atoms. The van der Waals surface area contributed by atoms with Crippen LogP contribution in [0.3, 0.4) is 0 Å². The number of ether oxygens (including phenoxy) is 2. The van der Waals surface area contributed by atoms with Crippen molar-refractivity contribution in [2.24, 2.45) is 0 Å². The third-order valence-electron chi connectivity index (χ3n) is 3.20. The van der Waals surface area contributed by atoms with Crippen molar-refractivity contribution < 1.29 is 36.2 Å². The van der Waals surface area contributed by atoms with E-state index in [2.05, 4.69) is 0 Å². The molecule has 0 saturated carbocycles. The smallest absolute Gasteiger partial charge is 0.389 e. The van der Waals surface area contributed by atoms with Crippen molar-refractivity contribution in [1.82, 2.24) is 4.90 Å². The van der Waals surface area contributed by atoms with Crippen LogP contribution in [-0.4, -0.2) is 61.9 Å². The molecule has 0 aromatic heterocycles. The van der Waals surface area contributed by atoms with E-state index in [-0.39, 0.29) is 6.54 Å². The normalized spacial score (nSPS) is 19.0. The molecule has 0 amide bonds. The SMILES string of the molecule is CC(=O)OC(CN1CCOCC1)CC(F)(F)CCC(F)(F)F. The van der Waals surface area contributed by atoms with Gasteiger partial charge in [-0.25, -0.2) is 8.78 Å². The third kappa shape index (κ3) is 8.47. The number of rotatable bonds is 7. The molecule has 0 aromatic rings. The van der Waals surface area contributed by atoms with Gasteiger partial charge in [-0.3, -0.25) is 9.69 Å². The van der Waals surface area contributed by atoms with E-state index in [1.165, 1.54) is 0 Å². The van der Waals surface area contributed by atoms with Gasteiger partial charge < -0.3 is 9.47 Å². The van der Waals surface area contributed by atoms with Crippen molar-refractivity contribution in [3.63, 3.8) is 0 Å². The summed E-state index contributed by atoms with van der Waals surface area (Å²) < 4.78 is 73.5. The molecule has 1 heterocycles. The van der Waals surface area contributed by atoms with E-state index in [9.17, 15) is 26.7 Å². The molecular weight excluding hydrogens is 313 g/mol. The summed E-state index contributed by atoms with van der Waals surface area (Å²) in [6.45, 7) is 3.04. The number of hydrogen-bond acceptors (Lipinski definition) is 4. The lowest BCUT2D eigenvalue weighted by atomic mass is 10.0. The zero-order chi connectivity index (χ0) is 16.8. The van der Waals surface area contributed by atoms with Gasteiger partial charge in [-0.1, -0.05) is 0 Å². The predicted octanol–water partition coefficient (Wildman–Crippen LogP) is 2.62. The van der Waals surface area contributed by atoms with Crippen molar-refractivity contribution in [2.75, 3.05) is 32.8 Å². The largest absolute Gasteiger partial charge is 0.461 e. The fraction of sp³-hybridized carbons (Fsp3) is 0.923. The number of nitrogens with zero attached hydrogens (tertiary/aromatic N) is 1. The fourth-order valence-corrected chi connectivity index (χ4v) is 2.21. The van der Waals surface area contributed by atoms with Gasteiger partial charge in [0.1, 0.15) is 6.10 Å². The van der Waals surface area contributed by atoms with E-state index in [0.29, 0.717) is 26.3 Å². The average molecular weight is 333 g/mol. The van der Waals surface area contributed by atoms with Gasteiger partial charge >= 0.3 is 12.1 Å². The zero-order valence-corrected chi connectivity index (χ0v) is 12.3. The number of hydrogen-bond donors (Lipinski definition) is 0. The Labute approximate surface area is 125 Å². The summed E-state index contributed by atoms with van der Waals surface area (Å²) in [5.41, 5.74) is 0. The van der Waals surface area contributed by atoms with E-state index in [0.717, 1.165) is 6.92 Å². The van der Waals surface area contributed by atoms with Crippen molar-refractivity contribution in [3.05, 3.63) is 0 Å². The van der Waals surface area contributed by atoms with E-state index >= 15 is 0 Å². The van der Waals surface area contributed by atoms with Crippen LogP contribution in [0.25, 0.3) is 0 Å². The predicted molar refractivity (Wildman–Crippen MR) is 67.7 cm³/mol. The molecule has 4 nitrogen and oxygen atoms in total. The van der Waals surface area contributed by atoms with Gasteiger partial charge in [0.05, 0.1) is 13.2 Å². The minimum atomic E-state index is -4.63. The Balaban J connectivity index is 2.56. The Kier molecular flexibility index (Phi) is 6.98. The van der Waals surface area contributed by atoms with Crippen LogP contribution in [0.2, 0.25) is 0 Å².